The number of aliphatic hydroxyl groups excluding tert-OH is 1. The van der Waals surface area contributed by atoms with E-state index in [-0.39, 0.29) is 11.5 Å². The minimum atomic E-state index is -0.303. The van der Waals surface area contributed by atoms with Crippen LogP contribution in [0.4, 0.5) is 0 Å². The lowest BCUT2D eigenvalue weighted by Crippen LogP contribution is -2.45. The summed E-state index contributed by atoms with van der Waals surface area (Å²) in [6, 6.07) is 7.61. The molecule has 0 spiro atoms. The lowest BCUT2D eigenvalue weighted by atomic mass is 9.70. The summed E-state index contributed by atoms with van der Waals surface area (Å²) in [6.07, 6.45) is 4.55. The van der Waals surface area contributed by atoms with Gasteiger partial charge in [-0.1, -0.05) is 25.0 Å². The van der Waals surface area contributed by atoms with Crippen molar-refractivity contribution < 1.29 is 14.6 Å². The van der Waals surface area contributed by atoms with Gasteiger partial charge in [0.1, 0.15) is 0 Å². The fraction of sp³-hybridized carbons (Fsp3) is 0.625. The van der Waals surface area contributed by atoms with Gasteiger partial charge in [0.05, 0.1) is 19.8 Å². The third-order valence-corrected chi connectivity index (χ3v) is 4.44. The molecular formula is C16H25NO3. The van der Waals surface area contributed by atoms with E-state index in [1.807, 2.05) is 24.3 Å². The van der Waals surface area contributed by atoms with Crippen molar-refractivity contribution in [2.24, 2.45) is 11.1 Å². The first-order valence-electron chi connectivity index (χ1n) is 7.36. The van der Waals surface area contributed by atoms with E-state index in [2.05, 4.69) is 0 Å². The van der Waals surface area contributed by atoms with Crippen LogP contribution in [0.3, 0.4) is 0 Å². The number of hydrogen-bond donors (Lipinski definition) is 2. The number of hydrogen-bond acceptors (Lipinski definition) is 4. The largest absolute Gasteiger partial charge is 0.493 e. The van der Waals surface area contributed by atoms with Crippen molar-refractivity contribution in [3.8, 4) is 11.5 Å². The first kappa shape index (κ1) is 15.1. The molecule has 0 aliphatic heterocycles. The Balaban J connectivity index is 1.94. The normalized spacial score (nSPS) is 26.2. The van der Waals surface area contributed by atoms with Crippen LogP contribution in [0.25, 0.3) is 0 Å². The standard InChI is InChI=1S/C16H25NO3/c1-19-13-6-2-3-7-14(13)20-11-10-16(12-17)9-5-4-8-15(16)18/h2-3,6-7,15,18H,4-5,8-12,17H2,1H3. The van der Waals surface area contributed by atoms with Crippen LogP contribution in [0, 0.1) is 5.41 Å². The van der Waals surface area contributed by atoms with Crippen LogP contribution in [0.15, 0.2) is 24.3 Å². The monoisotopic (exact) mass is 279 g/mol. The molecule has 1 saturated carbocycles. The molecule has 0 heterocycles. The molecule has 2 rings (SSSR count). The number of methoxy groups -OCH3 is 1. The summed E-state index contributed by atoms with van der Waals surface area (Å²) in [5, 5.41) is 10.3. The van der Waals surface area contributed by atoms with Gasteiger partial charge in [-0.25, -0.2) is 0 Å². The van der Waals surface area contributed by atoms with Crippen LogP contribution in [-0.2, 0) is 0 Å². The second-order valence-electron chi connectivity index (χ2n) is 5.58. The number of nitrogens with two attached hydrogens (primary N) is 1. The highest BCUT2D eigenvalue weighted by atomic mass is 16.5. The van der Waals surface area contributed by atoms with Crippen molar-refractivity contribution in [1.82, 2.24) is 0 Å². The molecule has 112 valence electrons. The Hall–Kier alpha value is -1.26. The summed E-state index contributed by atoms with van der Waals surface area (Å²) in [6.45, 7) is 1.07. The zero-order valence-electron chi connectivity index (χ0n) is 12.2. The van der Waals surface area contributed by atoms with Crippen molar-refractivity contribution in [2.45, 2.75) is 38.2 Å². The van der Waals surface area contributed by atoms with Crippen LogP contribution in [0.5, 0.6) is 11.5 Å². The molecule has 1 aliphatic carbocycles. The van der Waals surface area contributed by atoms with Gasteiger partial charge in [-0.2, -0.15) is 0 Å². The maximum absolute atomic E-state index is 10.3. The minimum Gasteiger partial charge on any atom is -0.493 e. The van der Waals surface area contributed by atoms with E-state index in [9.17, 15) is 5.11 Å². The Bertz CT molecular complexity index is 424. The Morgan fingerprint density at radius 1 is 1.30 bits per heavy atom. The average Bonchev–Trinajstić information content (AvgIpc) is 2.50. The van der Waals surface area contributed by atoms with E-state index in [1.54, 1.807) is 7.11 Å². The molecular weight excluding hydrogens is 254 g/mol. The van der Waals surface area contributed by atoms with E-state index >= 15 is 0 Å². The van der Waals surface area contributed by atoms with Gasteiger partial charge in [0.15, 0.2) is 11.5 Å². The number of para-hydroxylation sites is 2. The topological polar surface area (TPSA) is 64.7 Å². The van der Waals surface area contributed by atoms with Gasteiger partial charge >= 0.3 is 0 Å². The van der Waals surface area contributed by atoms with Crippen LogP contribution >= 0.6 is 0 Å². The highest BCUT2D eigenvalue weighted by molar-refractivity contribution is 5.39. The number of ether oxygens (including phenoxy) is 2. The third-order valence-electron chi connectivity index (χ3n) is 4.44. The summed E-state index contributed by atoms with van der Waals surface area (Å²) in [5.74, 6) is 1.48. The molecule has 4 nitrogen and oxygen atoms in total. The zero-order valence-corrected chi connectivity index (χ0v) is 12.2. The maximum Gasteiger partial charge on any atom is 0.161 e. The Labute approximate surface area is 120 Å². The van der Waals surface area contributed by atoms with Crippen molar-refractivity contribution >= 4 is 0 Å². The van der Waals surface area contributed by atoms with Crippen molar-refractivity contribution in [1.29, 1.82) is 0 Å². The van der Waals surface area contributed by atoms with Gasteiger partial charge in [0, 0.05) is 12.0 Å². The molecule has 1 aromatic carbocycles. The number of rotatable bonds is 6. The van der Waals surface area contributed by atoms with E-state index in [4.69, 9.17) is 15.2 Å². The Morgan fingerprint density at radius 2 is 2.05 bits per heavy atom. The SMILES string of the molecule is COc1ccccc1OCCC1(CN)CCCCC1O. The maximum atomic E-state index is 10.3. The molecule has 2 unspecified atom stereocenters. The van der Waals surface area contributed by atoms with Crippen LogP contribution in [0.2, 0.25) is 0 Å². The second-order valence-corrected chi connectivity index (χ2v) is 5.58. The fourth-order valence-electron chi connectivity index (χ4n) is 3.02. The highest BCUT2D eigenvalue weighted by Crippen LogP contribution is 2.39. The molecule has 2 atom stereocenters. The first-order chi connectivity index (χ1) is 9.72. The van der Waals surface area contributed by atoms with Gasteiger partial charge < -0.3 is 20.3 Å². The highest BCUT2D eigenvalue weighted by Gasteiger charge is 2.38. The fourth-order valence-corrected chi connectivity index (χ4v) is 3.02. The first-order valence-corrected chi connectivity index (χ1v) is 7.36. The van der Waals surface area contributed by atoms with Crippen molar-refractivity contribution in [3.05, 3.63) is 24.3 Å². The lowest BCUT2D eigenvalue weighted by molar-refractivity contribution is -0.0192. The second kappa shape index (κ2) is 6.95. The Morgan fingerprint density at radius 3 is 2.70 bits per heavy atom. The number of aliphatic hydroxyl groups is 1. The molecule has 1 aromatic rings. The van der Waals surface area contributed by atoms with E-state index < -0.39 is 0 Å². The summed E-state index contributed by atoms with van der Waals surface area (Å²) in [4.78, 5) is 0. The molecule has 1 aliphatic rings. The molecule has 3 N–H and O–H groups in total. The zero-order chi connectivity index (χ0) is 14.4. The molecule has 0 saturated heterocycles. The van der Waals surface area contributed by atoms with E-state index in [0.29, 0.717) is 13.2 Å². The molecule has 20 heavy (non-hydrogen) atoms. The molecule has 4 heteroatoms. The minimum absolute atomic E-state index is 0.180. The average molecular weight is 279 g/mol. The predicted molar refractivity (Wildman–Crippen MR) is 79.1 cm³/mol. The van der Waals surface area contributed by atoms with Gasteiger partial charge in [-0.3, -0.25) is 0 Å². The Kier molecular flexibility index (Phi) is 5.26. The van der Waals surface area contributed by atoms with Crippen molar-refractivity contribution in [2.75, 3.05) is 20.3 Å². The summed E-state index contributed by atoms with van der Waals surface area (Å²) in [7, 11) is 1.63. The molecule has 0 bridgehead atoms. The van der Waals surface area contributed by atoms with E-state index in [0.717, 1.165) is 43.6 Å². The predicted octanol–water partition coefficient (Wildman–Crippen LogP) is 2.34. The smallest absolute Gasteiger partial charge is 0.161 e. The summed E-state index contributed by atoms with van der Waals surface area (Å²) < 4.78 is 11.1. The van der Waals surface area contributed by atoms with Gasteiger partial charge in [-0.15, -0.1) is 0 Å². The third kappa shape index (κ3) is 3.25. The molecule has 1 fully saturated rings. The van der Waals surface area contributed by atoms with Gasteiger partial charge in [0.2, 0.25) is 0 Å². The summed E-state index contributed by atoms with van der Waals surface area (Å²) in [5.41, 5.74) is 5.74. The molecule has 0 amide bonds. The quantitative estimate of drug-likeness (QED) is 0.839. The number of benzene rings is 1. The van der Waals surface area contributed by atoms with Gasteiger partial charge in [-0.05, 0) is 31.4 Å². The molecule has 0 radical (unpaired) electrons. The van der Waals surface area contributed by atoms with Crippen molar-refractivity contribution in [3.63, 3.8) is 0 Å². The molecule has 0 aromatic heterocycles. The van der Waals surface area contributed by atoms with Gasteiger partial charge in [0.25, 0.3) is 0 Å². The lowest BCUT2D eigenvalue weighted by Gasteiger charge is -2.40. The van der Waals surface area contributed by atoms with Crippen LogP contribution < -0.4 is 15.2 Å². The van der Waals surface area contributed by atoms with Crippen LogP contribution in [0.1, 0.15) is 32.1 Å². The summed E-state index contributed by atoms with van der Waals surface area (Å²) >= 11 is 0. The van der Waals surface area contributed by atoms with Crippen LogP contribution in [-0.4, -0.2) is 31.5 Å². The van der Waals surface area contributed by atoms with E-state index in [1.165, 1.54) is 0 Å².